The Hall–Kier alpha value is -1.49. The summed E-state index contributed by atoms with van der Waals surface area (Å²) in [6, 6.07) is 2.46. The fourth-order valence-electron chi connectivity index (χ4n) is 1.88. The summed E-state index contributed by atoms with van der Waals surface area (Å²) < 4.78 is 27.3. The number of nitrogens with one attached hydrogen (secondary N) is 1. The second-order valence-electron chi connectivity index (χ2n) is 5.10. The van der Waals surface area contributed by atoms with Gasteiger partial charge in [-0.2, -0.15) is 0 Å². The van der Waals surface area contributed by atoms with Crippen LogP contribution in [0.2, 0.25) is 0 Å². The lowest BCUT2D eigenvalue weighted by Crippen LogP contribution is -2.31. The number of nitrogens with two attached hydrogens (primary N) is 1. The highest BCUT2D eigenvalue weighted by molar-refractivity contribution is 5.93. The van der Waals surface area contributed by atoms with Crippen LogP contribution in [0.15, 0.2) is 12.1 Å². The minimum atomic E-state index is -0.781. The first-order valence-electron chi connectivity index (χ1n) is 6.32. The number of halogens is 2. The zero-order valence-electron chi connectivity index (χ0n) is 11.5. The summed E-state index contributed by atoms with van der Waals surface area (Å²) in [5, 5.41) is 2.31. The van der Waals surface area contributed by atoms with Crippen molar-refractivity contribution < 1.29 is 13.6 Å². The molecule has 3 nitrogen and oxygen atoms in total. The van der Waals surface area contributed by atoms with Gasteiger partial charge < -0.3 is 11.1 Å². The molecule has 1 rings (SSSR count). The van der Waals surface area contributed by atoms with Crippen LogP contribution in [0, 0.1) is 30.4 Å². The first kappa shape index (κ1) is 15.6. The predicted octanol–water partition coefficient (Wildman–Crippen LogP) is 2.83. The number of amides is 1. The molecule has 0 heterocycles. The zero-order valence-corrected chi connectivity index (χ0v) is 11.5. The summed E-state index contributed by atoms with van der Waals surface area (Å²) in [4.78, 5) is 12.0. The highest BCUT2D eigenvalue weighted by Gasteiger charge is 2.21. The van der Waals surface area contributed by atoms with Crippen molar-refractivity contribution in [3.05, 3.63) is 29.3 Å². The number of benzene rings is 1. The predicted molar refractivity (Wildman–Crippen MR) is 71.7 cm³/mol. The highest BCUT2D eigenvalue weighted by Crippen LogP contribution is 2.23. The Morgan fingerprint density at radius 2 is 2.00 bits per heavy atom. The van der Waals surface area contributed by atoms with E-state index in [1.807, 2.05) is 13.8 Å². The summed E-state index contributed by atoms with van der Waals surface area (Å²) >= 11 is 0. The molecule has 0 radical (unpaired) electrons. The molecule has 0 aliphatic carbocycles. The molecule has 106 valence electrons. The van der Waals surface area contributed by atoms with Gasteiger partial charge in [-0.05, 0) is 30.9 Å². The van der Waals surface area contributed by atoms with E-state index in [1.165, 1.54) is 13.0 Å². The number of hydrogen-bond donors (Lipinski definition) is 2. The Morgan fingerprint density at radius 3 is 2.53 bits per heavy atom. The fourth-order valence-corrected chi connectivity index (χ4v) is 1.88. The SMILES string of the molecule is Cc1ccc(F)c(NC(=O)C(CN)CC(C)C)c1F. The quantitative estimate of drug-likeness (QED) is 0.864. The molecule has 1 amide bonds. The molecule has 0 spiro atoms. The average Bonchev–Trinajstić information content (AvgIpc) is 2.35. The highest BCUT2D eigenvalue weighted by atomic mass is 19.1. The Labute approximate surface area is 112 Å². The summed E-state index contributed by atoms with van der Waals surface area (Å²) in [6.07, 6.45) is 0.581. The Balaban J connectivity index is 2.90. The van der Waals surface area contributed by atoms with Crippen LogP contribution in [-0.4, -0.2) is 12.5 Å². The molecule has 0 saturated heterocycles. The molecule has 3 N–H and O–H groups in total. The Morgan fingerprint density at radius 1 is 1.37 bits per heavy atom. The molecule has 1 aromatic rings. The number of aryl methyl sites for hydroxylation is 1. The van der Waals surface area contributed by atoms with Gasteiger partial charge in [0.15, 0.2) is 5.82 Å². The average molecular weight is 270 g/mol. The number of carbonyl (C=O) groups excluding carboxylic acids is 1. The van der Waals surface area contributed by atoms with Crippen molar-refractivity contribution in [1.82, 2.24) is 0 Å². The topological polar surface area (TPSA) is 55.1 Å². The second-order valence-corrected chi connectivity index (χ2v) is 5.10. The number of rotatable bonds is 5. The van der Waals surface area contributed by atoms with E-state index in [0.29, 0.717) is 6.42 Å². The van der Waals surface area contributed by atoms with Gasteiger partial charge in [-0.3, -0.25) is 4.79 Å². The largest absolute Gasteiger partial charge is 0.330 e. The molecule has 0 aromatic heterocycles. The van der Waals surface area contributed by atoms with Gasteiger partial charge in [0, 0.05) is 6.54 Å². The zero-order chi connectivity index (χ0) is 14.6. The van der Waals surface area contributed by atoms with Gasteiger partial charge >= 0.3 is 0 Å². The third-order valence-corrected chi connectivity index (χ3v) is 2.94. The number of hydrogen-bond acceptors (Lipinski definition) is 2. The lowest BCUT2D eigenvalue weighted by atomic mass is 9.96. The molecule has 1 unspecified atom stereocenters. The molecule has 0 aliphatic rings. The van der Waals surface area contributed by atoms with E-state index in [9.17, 15) is 13.6 Å². The van der Waals surface area contributed by atoms with Crippen molar-refractivity contribution in [2.75, 3.05) is 11.9 Å². The van der Waals surface area contributed by atoms with Crippen molar-refractivity contribution >= 4 is 11.6 Å². The van der Waals surface area contributed by atoms with E-state index in [1.54, 1.807) is 0 Å². The summed E-state index contributed by atoms with van der Waals surface area (Å²) in [5.41, 5.74) is 5.42. The van der Waals surface area contributed by atoms with Crippen molar-refractivity contribution in [2.45, 2.75) is 27.2 Å². The summed E-state index contributed by atoms with van der Waals surface area (Å²) in [7, 11) is 0. The van der Waals surface area contributed by atoms with E-state index in [4.69, 9.17) is 5.73 Å². The van der Waals surface area contributed by atoms with Crippen LogP contribution in [0.3, 0.4) is 0 Å². The smallest absolute Gasteiger partial charge is 0.228 e. The molecule has 0 saturated carbocycles. The van der Waals surface area contributed by atoms with Gasteiger partial charge in [-0.1, -0.05) is 19.9 Å². The minimum Gasteiger partial charge on any atom is -0.330 e. The van der Waals surface area contributed by atoms with Crippen molar-refractivity contribution in [3.8, 4) is 0 Å². The van der Waals surface area contributed by atoms with Crippen LogP contribution < -0.4 is 11.1 Å². The van der Waals surface area contributed by atoms with E-state index < -0.39 is 29.1 Å². The molecule has 5 heteroatoms. The van der Waals surface area contributed by atoms with Crippen molar-refractivity contribution in [3.63, 3.8) is 0 Å². The summed E-state index contributed by atoms with van der Waals surface area (Å²) in [5.74, 6) is -2.13. The maximum atomic E-state index is 13.8. The van der Waals surface area contributed by atoms with Crippen LogP contribution >= 0.6 is 0 Å². The van der Waals surface area contributed by atoms with Gasteiger partial charge in [0.1, 0.15) is 11.5 Å². The van der Waals surface area contributed by atoms with E-state index in [-0.39, 0.29) is 18.0 Å². The third-order valence-electron chi connectivity index (χ3n) is 2.94. The fraction of sp³-hybridized carbons (Fsp3) is 0.500. The normalized spacial score (nSPS) is 12.6. The molecule has 19 heavy (non-hydrogen) atoms. The molecular formula is C14H20F2N2O. The molecule has 1 atom stereocenters. The maximum absolute atomic E-state index is 13.8. The van der Waals surface area contributed by atoms with Crippen LogP contribution in [0.1, 0.15) is 25.8 Å². The first-order valence-corrected chi connectivity index (χ1v) is 6.32. The lowest BCUT2D eigenvalue weighted by molar-refractivity contribution is -0.120. The molecule has 1 aromatic carbocycles. The van der Waals surface area contributed by atoms with E-state index in [0.717, 1.165) is 6.07 Å². The minimum absolute atomic E-state index is 0.152. The van der Waals surface area contributed by atoms with Gasteiger partial charge in [0.05, 0.1) is 5.92 Å². The number of carbonyl (C=O) groups is 1. The third kappa shape index (κ3) is 3.99. The summed E-state index contributed by atoms with van der Waals surface area (Å²) in [6.45, 7) is 5.59. The molecule has 0 fully saturated rings. The van der Waals surface area contributed by atoms with Gasteiger partial charge in [-0.25, -0.2) is 8.78 Å². The van der Waals surface area contributed by atoms with Gasteiger partial charge in [-0.15, -0.1) is 0 Å². The van der Waals surface area contributed by atoms with Crippen LogP contribution in [-0.2, 0) is 4.79 Å². The van der Waals surface area contributed by atoms with Crippen LogP contribution in [0.25, 0.3) is 0 Å². The standard InChI is InChI=1S/C14H20F2N2O/c1-8(2)6-10(7-17)14(19)18-13-11(15)5-4-9(3)12(13)16/h4-5,8,10H,6-7,17H2,1-3H3,(H,18,19). The molecule has 0 bridgehead atoms. The van der Waals surface area contributed by atoms with Gasteiger partial charge in [0.2, 0.25) is 5.91 Å². The number of anilines is 1. The van der Waals surface area contributed by atoms with E-state index in [2.05, 4.69) is 5.32 Å². The van der Waals surface area contributed by atoms with Crippen LogP contribution in [0.5, 0.6) is 0 Å². The lowest BCUT2D eigenvalue weighted by Gasteiger charge is -2.17. The van der Waals surface area contributed by atoms with Gasteiger partial charge in [0.25, 0.3) is 0 Å². The monoisotopic (exact) mass is 270 g/mol. The second kappa shape index (κ2) is 6.61. The molecule has 0 aliphatic heterocycles. The maximum Gasteiger partial charge on any atom is 0.228 e. The van der Waals surface area contributed by atoms with Crippen LogP contribution in [0.4, 0.5) is 14.5 Å². The van der Waals surface area contributed by atoms with E-state index >= 15 is 0 Å². The Kier molecular flexibility index (Phi) is 5.42. The first-order chi connectivity index (χ1) is 8.86. The van der Waals surface area contributed by atoms with Crippen molar-refractivity contribution in [2.24, 2.45) is 17.6 Å². The van der Waals surface area contributed by atoms with Crippen molar-refractivity contribution in [1.29, 1.82) is 0 Å². The Bertz CT molecular complexity index is 461. The molecular weight excluding hydrogens is 250 g/mol.